The fourth-order valence-corrected chi connectivity index (χ4v) is 3.95. The van der Waals surface area contributed by atoms with Gasteiger partial charge in [-0.05, 0) is 48.3 Å². The first kappa shape index (κ1) is 8.59. The van der Waals surface area contributed by atoms with Gasteiger partial charge in [0.15, 0.2) is 0 Å². The standard InChI is InChI=1S/C12H22/c1-7-8(2)12-6-5-11(7)9(3)10(12)4/h7-12H,5-6H2,1-4H3/t7-,8?,9?,10?,11?,12?/m1/s1. The lowest BCUT2D eigenvalue weighted by molar-refractivity contribution is -0.0466. The van der Waals surface area contributed by atoms with Crippen molar-refractivity contribution in [3.8, 4) is 0 Å². The van der Waals surface area contributed by atoms with E-state index in [4.69, 9.17) is 0 Å². The van der Waals surface area contributed by atoms with Gasteiger partial charge in [0.2, 0.25) is 0 Å². The van der Waals surface area contributed by atoms with Crippen molar-refractivity contribution in [3.05, 3.63) is 0 Å². The molecule has 3 fully saturated rings. The minimum absolute atomic E-state index is 0.995. The first-order valence-corrected chi connectivity index (χ1v) is 5.63. The van der Waals surface area contributed by atoms with Crippen molar-refractivity contribution in [2.24, 2.45) is 35.5 Å². The highest BCUT2D eigenvalue weighted by Crippen LogP contribution is 2.53. The minimum atomic E-state index is 0.995. The predicted octanol–water partition coefficient (Wildman–Crippen LogP) is 3.57. The summed E-state index contributed by atoms with van der Waals surface area (Å²) in [6.07, 6.45) is 3.03. The van der Waals surface area contributed by atoms with E-state index in [2.05, 4.69) is 27.7 Å². The minimum Gasteiger partial charge on any atom is -0.0620 e. The van der Waals surface area contributed by atoms with E-state index >= 15 is 0 Å². The normalized spacial score (nSPS) is 59.0. The summed E-state index contributed by atoms with van der Waals surface area (Å²) in [6.45, 7) is 9.90. The van der Waals surface area contributed by atoms with Crippen molar-refractivity contribution in [2.75, 3.05) is 0 Å². The van der Waals surface area contributed by atoms with Crippen LogP contribution in [0.2, 0.25) is 0 Å². The molecule has 0 saturated heterocycles. The maximum absolute atomic E-state index is 2.48. The Balaban J connectivity index is 2.23. The van der Waals surface area contributed by atoms with Crippen molar-refractivity contribution in [1.29, 1.82) is 0 Å². The van der Waals surface area contributed by atoms with Crippen molar-refractivity contribution >= 4 is 0 Å². The van der Waals surface area contributed by atoms with Crippen LogP contribution in [-0.2, 0) is 0 Å². The molecule has 0 radical (unpaired) electrons. The Morgan fingerprint density at radius 2 is 0.833 bits per heavy atom. The van der Waals surface area contributed by atoms with Gasteiger partial charge in [-0.1, -0.05) is 27.7 Å². The Kier molecular flexibility index (Phi) is 1.97. The summed E-state index contributed by atoms with van der Waals surface area (Å²) < 4.78 is 0. The molecular weight excluding hydrogens is 144 g/mol. The molecule has 70 valence electrons. The number of hydrogen-bond donors (Lipinski definition) is 0. The summed E-state index contributed by atoms with van der Waals surface area (Å²) in [7, 11) is 0. The SMILES string of the molecule is CC1C(C)C2CCC1C(C)[C@H]2C. The molecule has 0 aromatic carbocycles. The van der Waals surface area contributed by atoms with Crippen molar-refractivity contribution in [3.63, 3.8) is 0 Å². The molecular formula is C12H22. The van der Waals surface area contributed by atoms with Crippen LogP contribution in [0.15, 0.2) is 0 Å². The van der Waals surface area contributed by atoms with Gasteiger partial charge in [0, 0.05) is 0 Å². The van der Waals surface area contributed by atoms with Gasteiger partial charge < -0.3 is 0 Å². The molecule has 0 N–H and O–H groups in total. The average Bonchev–Trinajstić information content (AvgIpc) is 2.05. The second-order valence-corrected chi connectivity index (χ2v) is 5.34. The molecule has 0 nitrogen and oxygen atoms in total. The maximum Gasteiger partial charge on any atom is -0.0357 e. The highest BCUT2D eigenvalue weighted by Gasteiger charge is 2.46. The van der Waals surface area contributed by atoms with Gasteiger partial charge >= 0.3 is 0 Å². The lowest BCUT2D eigenvalue weighted by Crippen LogP contribution is -2.47. The van der Waals surface area contributed by atoms with Crippen molar-refractivity contribution in [2.45, 2.75) is 40.5 Å². The lowest BCUT2D eigenvalue weighted by atomic mass is 9.52. The third-order valence-electron chi connectivity index (χ3n) is 5.19. The first-order chi connectivity index (χ1) is 5.63. The van der Waals surface area contributed by atoms with Crippen LogP contribution in [0.25, 0.3) is 0 Å². The van der Waals surface area contributed by atoms with Crippen LogP contribution in [0.3, 0.4) is 0 Å². The van der Waals surface area contributed by atoms with E-state index in [1.165, 1.54) is 12.8 Å². The zero-order valence-corrected chi connectivity index (χ0v) is 8.88. The third-order valence-corrected chi connectivity index (χ3v) is 5.19. The summed E-state index contributed by atoms with van der Waals surface area (Å²) >= 11 is 0. The molecule has 12 heavy (non-hydrogen) atoms. The molecule has 3 aliphatic rings. The Labute approximate surface area is 76.7 Å². The first-order valence-electron chi connectivity index (χ1n) is 5.63. The van der Waals surface area contributed by atoms with Crippen LogP contribution in [0.4, 0.5) is 0 Å². The molecule has 0 heterocycles. The lowest BCUT2D eigenvalue weighted by Gasteiger charge is -2.53. The summed E-state index contributed by atoms with van der Waals surface area (Å²) in [5, 5.41) is 0. The van der Waals surface area contributed by atoms with Crippen LogP contribution in [0.5, 0.6) is 0 Å². The summed E-state index contributed by atoms with van der Waals surface area (Å²) in [5.41, 5.74) is 0. The maximum atomic E-state index is 2.48. The average molecular weight is 166 g/mol. The molecule has 0 aromatic heterocycles. The zero-order valence-electron chi connectivity index (χ0n) is 8.88. The van der Waals surface area contributed by atoms with E-state index in [0.717, 1.165) is 35.5 Å². The van der Waals surface area contributed by atoms with Crippen LogP contribution in [0.1, 0.15) is 40.5 Å². The van der Waals surface area contributed by atoms with Crippen LogP contribution >= 0.6 is 0 Å². The molecule has 0 aliphatic heterocycles. The zero-order chi connectivity index (χ0) is 8.88. The van der Waals surface area contributed by atoms with E-state index < -0.39 is 0 Å². The van der Waals surface area contributed by atoms with Crippen molar-refractivity contribution < 1.29 is 0 Å². The summed E-state index contributed by atoms with van der Waals surface area (Å²) in [5.74, 6) is 6.06. The molecule has 5 unspecified atom stereocenters. The second kappa shape index (κ2) is 2.75. The highest BCUT2D eigenvalue weighted by atomic mass is 14.5. The van der Waals surface area contributed by atoms with E-state index in [1.54, 1.807) is 0 Å². The van der Waals surface area contributed by atoms with E-state index in [1.807, 2.05) is 0 Å². The van der Waals surface area contributed by atoms with Crippen LogP contribution in [-0.4, -0.2) is 0 Å². The molecule has 0 aromatic rings. The van der Waals surface area contributed by atoms with Crippen LogP contribution in [0, 0.1) is 35.5 Å². The number of fused-ring (bicyclic) bond motifs is 3. The summed E-state index contributed by atoms with van der Waals surface area (Å²) in [6, 6.07) is 0. The topological polar surface area (TPSA) is 0 Å². The van der Waals surface area contributed by atoms with Gasteiger partial charge in [0.05, 0.1) is 0 Å². The number of rotatable bonds is 0. The molecule has 0 amide bonds. The Hall–Kier alpha value is 0. The predicted molar refractivity (Wildman–Crippen MR) is 52.9 cm³/mol. The third kappa shape index (κ3) is 0.963. The van der Waals surface area contributed by atoms with Crippen LogP contribution < -0.4 is 0 Å². The van der Waals surface area contributed by atoms with Gasteiger partial charge in [-0.25, -0.2) is 0 Å². The smallest absolute Gasteiger partial charge is 0.0357 e. The molecule has 2 bridgehead atoms. The van der Waals surface area contributed by atoms with E-state index in [0.29, 0.717) is 0 Å². The number of hydrogen-bond acceptors (Lipinski definition) is 0. The monoisotopic (exact) mass is 166 g/mol. The van der Waals surface area contributed by atoms with Gasteiger partial charge in [-0.3, -0.25) is 0 Å². The van der Waals surface area contributed by atoms with Crippen molar-refractivity contribution in [1.82, 2.24) is 0 Å². The van der Waals surface area contributed by atoms with Gasteiger partial charge in [0.25, 0.3) is 0 Å². The molecule has 3 aliphatic carbocycles. The van der Waals surface area contributed by atoms with E-state index in [-0.39, 0.29) is 0 Å². The Morgan fingerprint density at radius 3 is 1.08 bits per heavy atom. The molecule has 0 spiro atoms. The molecule has 3 saturated carbocycles. The fraction of sp³-hybridized carbons (Fsp3) is 1.00. The highest BCUT2D eigenvalue weighted by molar-refractivity contribution is 4.95. The second-order valence-electron chi connectivity index (χ2n) is 5.34. The fourth-order valence-electron chi connectivity index (χ4n) is 3.95. The molecule has 6 atom stereocenters. The summed E-state index contributed by atoms with van der Waals surface area (Å²) in [4.78, 5) is 0. The van der Waals surface area contributed by atoms with Gasteiger partial charge in [-0.15, -0.1) is 0 Å². The van der Waals surface area contributed by atoms with Gasteiger partial charge in [-0.2, -0.15) is 0 Å². The largest absolute Gasteiger partial charge is 0.0620 e. The molecule has 0 heteroatoms. The quantitative estimate of drug-likeness (QED) is 0.516. The Bertz CT molecular complexity index is 137. The van der Waals surface area contributed by atoms with E-state index in [9.17, 15) is 0 Å². The van der Waals surface area contributed by atoms with Gasteiger partial charge in [0.1, 0.15) is 0 Å². The molecule has 3 rings (SSSR count). The Morgan fingerprint density at radius 1 is 0.583 bits per heavy atom.